The predicted octanol–water partition coefficient (Wildman–Crippen LogP) is 5.67. The molecule has 162 valence electrons. The molecule has 0 saturated heterocycles. The van der Waals surface area contributed by atoms with Crippen molar-refractivity contribution in [2.45, 2.75) is 37.8 Å². The summed E-state index contributed by atoms with van der Waals surface area (Å²) in [6.07, 6.45) is 2.26. The topological polar surface area (TPSA) is 64.0 Å². The predicted molar refractivity (Wildman–Crippen MR) is 132 cm³/mol. The monoisotopic (exact) mass is 461 g/mol. The molecular weight excluding hydrogens is 438 g/mol. The number of hydrogen-bond donors (Lipinski definition) is 1. The van der Waals surface area contributed by atoms with Crippen LogP contribution in [0.4, 0.5) is 5.69 Å². The molecule has 7 heteroatoms. The fourth-order valence-corrected chi connectivity index (χ4v) is 5.78. The van der Waals surface area contributed by atoms with Crippen molar-refractivity contribution in [1.82, 2.24) is 9.55 Å². The van der Waals surface area contributed by atoms with Crippen molar-refractivity contribution in [3.8, 4) is 5.69 Å². The Morgan fingerprint density at radius 2 is 1.84 bits per heavy atom. The van der Waals surface area contributed by atoms with Gasteiger partial charge in [-0.15, -0.1) is 11.3 Å². The van der Waals surface area contributed by atoms with E-state index in [0.29, 0.717) is 11.1 Å². The minimum Gasteiger partial charge on any atom is -0.325 e. The van der Waals surface area contributed by atoms with Crippen LogP contribution in [-0.2, 0) is 4.79 Å². The number of thioether (sulfide) groups is 1. The Morgan fingerprint density at radius 1 is 1.12 bits per heavy atom. The number of rotatable bonds is 6. The summed E-state index contributed by atoms with van der Waals surface area (Å²) in [6, 6.07) is 15.5. The van der Waals surface area contributed by atoms with Crippen LogP contribution in [0.2, 0.25) is 0 Å². The molecule has 2 aromatic carbocycles. The Kier molecular flexibility index (Phi) is 5.61. The lowest BCUT2D eigenvalue weighted by Crippen LogP contribution is -2.23. The third kappa shape index (κ3) is 3.98. The first-order valence-corrected chi connectivity index (χ1v) is 12.5. The van der Waals surface area contributed by atoms with Crippen LogP contribution in [0.15, 0.2) is 63.9 Å². The van der Waals surface area contributed by atoms with Gasteiger partial charge in [-0.05, 0) is 66.8 Å². The smallest absolute Gasteiger partial charge is 0.267 e. The maximum atomic E-state index is 13.6. The number of benzene rings is 2. The number of carbonyl (C=O) groups excluding carboxylic acids is 1. The molecule has 32 heavy (non-hydrogen) atoms. The van der Waals surface area contributed by atoms with Crippen LogP contribution in [0, 0.1) is 13.8 Å². The highest BCUT2D eigenvalue weighted by atomic mass is 32.2. The van der Waals surface area contributed by atoms with Crippen molar-refractivity contribution < 1.29 is 4.79 Å². The number of thiophene rings is 1. The molecule has 1 aliphatic rings. The van der Waals surface area contributed by atoms with Crippen LogP contribution in [-0.4, -0.2) is 21.2 Å². The third-order valence-corrected chi connectivity index (χ3v) is 7.54. The zero-order valence-electron chi connectivity index (χ0n) is 17.9. The SMILES string of the molecule is Cc1cccc(C)c1NC(=O)CSc1nc2scc(C3CC3)c2c(=O)n1-c1ccccc1. The number of carbonyl (C=O) groups is 1. The van der Waals surface area contributed by atoms with Crippen LogP contribution < -0.4 is 10.9 Å². The van der Waals surface area contributed by atoms with Crippen molar-refractivity contribution in [1.29, 1.82) is 0 Å². The summed E-state index contributed by atoms with van der Waals surface area (Å²) < 4.78 is 1.65. The van der Waals surface area contributed by atoms with Crippen LogP contribution in [0.1, 0.15) is 35.4 Å². The molecule has 1 amide bonds. The van der Waals surface area contributed by atoms with Crippen LogP contribution in [0.5, 0.6) is 0 Å². The molecule has 4 aromatic rings. The van der Waals surface area contributed by atoms with Gasteiger partial charge in [0.05, 0.1) is 16.8 Å². The Morgan fingerprint density at radius 3 is 2.53 bits per heavy atom. The Labute approximate surface area is 194 Å². The number of amides is 1. The molecule has 0 radical (unpaired) electrons. The number of nitrogens with zero attached hydrogens (tertiary/aromatic N) is 2. The fraction of sp³-hybridized carbons (Fsp3) is 0.240. The molecule has 0 unspecified atom stereocenters. The summed E-state index contributed by atoms with van der Waals surface area (Å²) in [5.74, 6) is 0.523. The molecule has 1 aliphatic carbocycles. The highest BCUT2D eigenvalue weighted by Gasteiger charge is 2.29. The van der Waals surface area contributed by atoms with Gasteiger partial charge in [0.1, 0.15) is 4.83 Å². The molecule has 0 atom stereocenters. The fourth-order valence-electron chi connectivity index (χ4n) is 3.91. The van der Waals surface area contributed by atoms with E-state index in [2.05, 4.69) is 10.7 Å². The summed E-state index contributed by atoms with van der Waals surface area (Å²) in [5, 5.41) is 6.36. The first kappa shape index (κ1) is 21.0. The average molecular weight is 462 g/mol. The summed E-state index contributed by atoms with van der Waals surface area (Å²) >= 11 is 2.81. The lowest BCUT2D eigenvalue weighted by molar-refractivity contribution is -0.113. The van der Waals surface area contributed by atoms with Gasteiger partial charge in [0.2, 0.25) is 5.91 Å². The molecule has 0 aliphatic heterocycles. The minimum absolute atomic E-state index is 0.0537. The van der Waals surface area contributed by atoms with Gasteiger partial charge < -0.3 is 5.32 Å². The lowest BCUT2D eigenvalue weighted by atomic mass is 10.1. The summed E-state index contributed by atoms with van der Waals surface area (Å²) in [6.45, 7) is 3.96. The average Bonchev–Trinajstić information content (AvgIpc) is 3.54. The molecule has 2 aromatic heterocycles. The van der Waals surface area contributed by atoms with Gasteiger partial charge in [-0.2, -0.15) is 0 Å². The van der Waals surface area contributed by atoms with Crippen molar-refractivity contribution in [2.75, 3.05) is 11.1 Å². The molecule has 0 bridgehead atoms. The van der Waals surface area contributed by atoms with E-state index in [1.54, 1.807) is 4.57 Å². The van der Waals surface area contributed by atoms with Gasteiger partial charge in [0.25, 0.3) is 5.56 Å². The van der Waals surface area contributed by atoms with Gasteiger partial charge in [-0.1, -0.05) is 48.2 Å². The van der Waals surface area contributed by atoms with Gasteiger partial charge in [-0.3, -0.25) is 14.2 Å². The normalized spacial score (nSPS) is 13.4. The van der Waals surface area contributed by atoms with E-state index in [1.165, 1.54) is 23.1 Å². The second kappa shape index (κ2) is 8.56. The van der Waals surface area contributed by atoms with Crippen molar-refractivity contribution in [3.63, 3.8) is 0 Å². The molecule has 5 nitrogen and oxygen atoms in total. The lowest BCUT2D eigenvalue weighted by Gasteiger charge is -2.14. The van der Waals surface area contributed by atoms with Gasteiger partial charge in [-0.25, -0.2) is 4.98 Å². The molecule has 1 saturated carbocycles. The van der Waals surface area contributed by atoms with Crippen LogP contribution >= 0.6 is 23.1 Å². The molecular formula is C25H23N3O2S2. The Bertz CT molecular complexity index is 1350. The van der Waals surface area contributed by atoms with Crippen molar-refractivity contribution >= 4 is 44.9 Å². The van der Waals surface area contributed by atoms with Gasteiger partial charge in [0.15, 0.2) is 5.16 Å². The second-order valence-corrected chi connectivity index (χ2v) is 9.92. The van der Waals surface area contributed by atoms with E-state index < -0.39 is 0 Å². The molecule has 1 N–H and O–H groups in total. The number of hydrogen-bond acceptors (Lipinski definition) is 5. The number of fused-ring (bicyclic) bond motifs is 1. The maximum absolute atomic E-state index is 13.6. The zero-order valence-corrected chi connectivity index (χ0v) is 19.6. The van der Waals surface area contributed by atoms with Crippen molar-refractivity contribution in [2.24, 2.45) is 0 Å². The zero-order chi connectivity index (χ0) is 22.2. The molecule has 1 fully saturated rings. The summed E-state index contributed by atoms with van der Waals surface area (Å²) in [7, 11) is 0. The Hall–Kier alpha value is -2.90. The summed E-state index contributed by atoms with van der Waals surface area (Å²) in [4.78, 5) is 31.9. The quantitative estimate of drug-likeness (QED) is 0.297. The first-order valence-electron chi connectivity index (χ1n) is 10.6. The van der Waals surface area contributed by atoms with E-state index in [0.717, 1.165) is 51.1 Å². The number of anilines is 1. The number of nitrogens with one attached hydrogen (secondary N) is 1. The number of para-hydroxylation sites is 2. The van der Waals surface area contributed by atoms with Crippen LogP contribution in [0.3, 0.4) is 0 Å². The van der Waals surface area contributed by atoms with E-state index in [1.807, 2.05) is 62.4 Å². The van der Waals surface area contributed by atoms with E-state index >= 15 is 0 Å². The third-order valence-electron chi connectivity index (χ3n) is 5.71. The maximum Gasteiger partial charge on any atom is 0.267 e. The number of aryl methyl sites for hydroxylation is 2. The van der Waals surface area contributed by atoms with Crippen molar-refractivity contribution in [3.05, 3.63) is 81.0 Å². The van der Waals surface area contributed by atoms with Gasteiger partial charge >= 0.3 is 0 Å². The highest BCUT2D eigenvalue weighted by molar-refractivity contribution is 7.99. The molecule has 2 heterocycles. The second-order valence-electron chi connectivity index (χ2n) is 8.12. The first-order chi connectivity index (χ1) is 15.5. The minimum atomic E-state index is -0.119. The van der Waals surface area contributed by atoms with E-state index in [4.69, 9.17) is 4.98 Å². The Balaban J connectivity index is 1.49. The van der Waals surface area contributed by atoms with E-state index in [9.17, 15) is 9.59 Å². The standard InChI is InChI=1S/C25H23N3O2S2/c1-15-7-6-8-16(2)22(15)26-20(29)14-32-25-27-23-21(19(13-31-23)17-11-12-17)24(30)28(25)18-9-4-3-5-10-18/h3-10,13,17H,11-12,14H2,1-2H3,(H,26,29). The molecule has 5 rings (SSSR count). The summed E-state index contributed by atoms with van der Waals surface area (Å²) in [5.41, 5.74) is 4.72. The van der Waals surface area contributed by atoms with Gasteiger partial charge in [0, 0.05) is 5.69 Å². The largest absolute Gasteiger partial charge is 0.325 e. The number of aromatic nitrogens is 2. The van der Waals surface area contributed by atoms with Crippen LogP contribution in [0.25, 0.3) is 15.9 Å². The van der Waals surface area contributed by atoms with E-state index in [-0.39, 0.29) is 17.2 Å². The molecule has 0 spiro atoms. The highest BCUT2D eigenvalue weighted by Crippen LogP contribution is 2.44.